The third-order valence-corrected chi connectivity index (χ3v) is 5.11. The first kappa shape index (κ1) is 21.1. The monoisotopic (exact) mass is 474 g/mol. The first-order valence-corrected chi connectivity index (χ1v) is 10.8. The van der Waals surface area contributed by atoms with E-state index in [1.54, 1.807) is 71.8 Å². The van der Waals surface area contributed by atoms with Gasteiger partial charge in [0.2, 0.25) is 0 Å². The van der Waals surface area contributed by atoms with E-state index in [0.717, 1.165) is 0 Å². The van der Waals surface area contributed by atoms with E-state index in [9.17, 15) is 0 Å². The van der Waals surface area contributed by atoms with Crippen LogP contribution in [0.15, 0.2) is 92.2 Å². The molecular weight excluding hydrogens is 458 g/mol. The minimum Gasteiger partial charge on any atom is -0.259 e. The summed E-state index contributed by atoms with van der Waals surface area (Å²) in [6.45, 7) is 0. The number of rotatable bonds is 5. The molecule has 6 rings (SSSR count). The van der Waals surface area contributed by atoms with Crippen molar-refractivity contribution in [3.63, 3.8) is 0 Å². The van der Waals surface area contributed by atoms with Gasteiger partial charge in [0, 0.05) is 43.4 Å². The molecule has 6 heterocycles. The molecular formula is C23H16N13. The smallest absolute Gasteiger partial charge is 0.192 e. The molecule has 1 aliphatic heterocycles. The zero-order chi connectivity index (χ0) is 24.2. The fourth-order valence-corrected chi connectivity index (χ4v) is 3.67. The highest BCUT2D eigenvalue weighted by atomic mass is 15.9. The summed E-state index contributed by atoms with van der Waals surface area (Å²) in [4.78, 5) is 27.0. The predicted octanol–water partition coefficient (Wildman–Crippen LogP) is 1.89. The highest BCUT2D eigenvalue weighted by Gasteiger charge is 2.43. The van der Waals surface area contributed by atoms with E-state index in [4.69, 9.17) is 0 Å². The van der Waals surface area contributed by atoms with Crippen LogP contribution in [0.25, 0.3) is 5.57 Å². The Labute approximate surface area is 204 Å². The minimum absolute atomic E-state index is 0.337. The number of pyridine rings is 1. The van der Waals surface area contributed by atoms with E-state index in [1.807, 2.05) is 29.3 Å². The Kier molecular flexibility index (Phi) is 5.52. The van der Waals surface area contributed by atoms with Crippen LogP contribution in [0.2, 0.25) is 0 Å². The van der Waals surface area contributed by atoms with Crippen molar-refractivity contribution < 1.29 is 0 Å². The van der Waals surface area contributed by atoms with E-state index in [2.05, 4.69) is 56.5 Å². The van der Waals surface area contributed by atoms with E-state index >= 15 is 0 Å². The summed E-state index contributed by atoms with van der Waals surface area (Å²) < 4.78 is 0. The second-order valence-electron chi connectivity index (χ2n) is 7.28. The Morgan fingerprint density at radius 2 is 1.44 bits per heavy atom. The highest BCUT2D eigenvalue weighted by molar-refractivity contribution is 5.76. The zero-order valence-corrected chi connectivity index (χ0v) is 18.6. The van der Waals surface area contributed by atoms with Crippen LogP contribution >= 0.6 is 0 Å². The quantitative estimate of drug-likeness (QED) is 0.366. The van der Waals surface area contributed by atoms with Crippen LogP contribution in [0.4, 0.5) is 17.5 Å². The summed E-state index contributed by atoms with van der Waals surface area (Å²) in [6, 6.07) is 10.2. The number of hydrazine groups is 2. The third kappa shape index (κ3) is 3.90. The minimum atomic E-state index is -0.686. The molecule has 0 bridgehead atoms. The summed E-state index contributed by atoms with van der Waals surface area (Å²) >= 11 is 0. The van der Waals surface area contributed by atoms with E-state index in [0.29, 0.717) is 34.7 Å². The number of anilines is 3. The van der Waals surface area contributed by atoms with Crippen molar-refractivity contribution in [2.75, 3.05) is 15.1 Å². The van der Waals surface area contributed by atoms with Crippen molar-refractivity contribution in [1.82, 2.24) is 50.3 Å². The van der Waals surface area contributed by atoms with Gasteiger partial charge in [-0.2, -0.15) is 15.3 Å². The second-order valence-corrected chi connectivity index (χ2v) is 7.28. The summed E-state index contributed by atoms with van der Waals surface area (Å²) in [5.74, 6) is 2.28. The topological polar surface area (TPSA) is 139 Å². The van der Waals surface area contributed by atoms with Gasteiger partial charge in [-0.1, -0.05) is 6.07 Å². The lowest BCUT2D eigenvalue weighted by Gasteiger charge is -2.47. The Hall–Kier alpha value is -5.46. The molecule has 0 fully saturated rings. The van der Waals surface area contributed by atoms with Crippen molar-refractivity contribution in [3.8, 4) is 0 Å². The number of nitrogens with zero attached hydrogens (tertiary/aromatic N) is 13. The van der Waals surface area contributed by atoms with Gasteiger partial charge in [0.15, 0.2) is 29.1 Å². The molecule has 36 heavy (non-hydrogen) atoms. The van der Waals surface area contributed by atoms with Crippen molar-refractivity contribution >= 4 is 23.0 Å². The van der Waals surface area contributed by atoms with Crippen molar-refractivity contribution in [2.24, 2.45) is 0 Å². The first-order chi connectivity index (χ1) is 17.9. The highest BCUT2D eigenvalue weighted by Crippen LogP contribution is 2.41. The molecule has 1 aliphatic rings. The van der Waals surface area contributed by atoms with Crippen LogP contribution in [0.5, 0.6) is 0 Å². The fraction of sp³-hybridized carbons (Fsp3) is 0.0435. The standard InChI is InChI=1S/C23H16N13/c1-2-7-25-18(5-1)34-16-17(22-29-13-14-31-33-22)21(23-27-8-4-9-28-23)35(20-15-24-11-12-26-20)36(34)19-6-3-10-30-32-19/h1-15,21H. The second kappa shape index (κ2) is 9.42. The molecule has 0 saturated carbocycles. The van der Waals surface area contributed by atoms with E-state index < -0.39 is 6.04 Å². The third-order valence-electron chi connectivity index (χ3n) is 5.11. The molecule has 0 amide bonds. The largest absolute Gasteiger partial charge is 0.259 e. The summed E-state index contributed by atoms with van der Waals surface area (Å²) in [6.07, 6.45) is 17.9. The SMILES string of the molecule is [C]1=C(c2nccnn2)C(c2ncccn2)N(c2cnccn2)N(c2cccnn2)N1c1ccccn1. The van der Waals surface area contributed by atoms with Crippen LogP contribution in [0.1, 0.15) is 17.7 Å². The van der Waals surface area contributed by atoms with Crippen LogP contribution in [0.3, 0.4) is 0 Å². The number of aromatic nitrogens is 10. The fourth-order valence-electron chi connectivity index (χ4n) is 3.67. The molecule has 1 radical (unpaired) electrons. The Morgan fingerprint density at radius 1 is 0.639 bits per heavy atom. The normalized spacial score (nSPS) is 15.5. The molecule has 0 saturated heterocycles. The number of hydrogen-bond donors (Lipinski definition) is 0. The lowest BCUT2D eigenvalue weighted by atomic mass is 10.0. The lowest BCUT2D eigenvalue weighted by molar-refractivity contribution is 0.592. The van der Waals surface area contributed by atoms with Gasteiger partial charge in [0.1, 0.15) is 12.2 Å². The molecule has 0 N–H and O–H groups in total. The maximum absolute atomic E-state index is 4.58. The van der Waals surface area contributed by atoms with Gasteiger partial charge in [0.25, 0.3) is 0 Å². The lowest BCUT2D eigenvalue weighted by Crippen LogP contribution is -2.58. The molecule has 13 heteroatoms. The van der Waals surface area contributed by atoms with E-state index in [1.165, 1.54) is 6.20 Å². The van der Waals surface area contributed by atoms with Crippen molar-refractivity contribution in [3.05, 3.63) is 110 Å². The van der Waals surface area contributed by atoms with Crippen LogP contribution in [-0.4, -0.2) is 50.3 Å². The Morgan fingerprint density at radius 3 is 2.17 bits per heavy atom. The Bertz CT molecular complexity index is 1440. The first-order valence-electron chi connectivity index (χ1n) is 10.8. The average Bonchev–Trinajstić information content (AvgIpc) is 2.98. The maximum Gasteiger partial charge on any atom is 0.192 e. The predicted molar refractivity (Wildman–Crippen MR) is 127 cm³/mol. The molecule has 5 aromatic rings. The molecule has 13 nitrogen and oxygen atoms in total. The van der Waals surface area contributed by atoms with Crippen molar-refractivity contribution in [1.29, 1.82) is 0 Å². The summed E-state index contributed by atoms with van der Waals surface area (Å²) in [5, 5.41) is 22.0. The van der Waals surface area contributed by atoms with Gasteiger partial charge in [-0.25, -0.2) is 34.9 Å². The molecule has 0 aliphatic carbocycles. The van der Waals surface area contributed by atoms with Gasteiger partial charge in [0.05, 0.1) is 18.0 Å². The zero-order valence-electron chi connectivity index (χ0n) is 18.6. The van der Waals surface area contributed by atoms with Gasteiger partial charge < -0.3 is 0 Å². The molecule has 1 unspecified atom stereocenters. The summed E-state index contributed by atoms with van der Waals surface area (Å²) in [5.41, 5.74) is 0.533. The molecule has 5 aromatic heterocycles. The maximum atomic E-state index is 4.58. The molecule has 0 aromatic carbocycles. The molecule has 0 spiro atoms. The van der Waals surface area contributed by atoms with Crippen LogP contribution in [0, 0.1) is 6.20 Å². The van der Waals surface area contributed by atoms with Crippen molar-refractivity contribution in [2.45, 2.75) is 6.04 Å². The number of hydrogen-bond acceptors (Lipinski definition) is 13. The van der Waals surface area contributed by atoms with Gasteiger partial charge in [-0.3, -0.25) is 4.98 Å². The van der Waals surface area contributed by atoms with Crippen LogP contribution in [-0.2, 0) is 0 Å². The van der Waals surface area contributed by atoms with Crippen LogP contribution < -0.4 is 15.1 Å². The molecule has 1 atom stereocenters. The average molecular weight is 474 g/mol. The van der Waals surface area contributed by atoms with Gasteiger partial charge in [-0.15, -0.1) is 10.2 Å². The van der Waals surface area contributed by atoms with Gasteiger partial charge >= 0.3 is 0 Å². The van der Waals surface area contributed by atoms with Gasteiger partial charge in [-0.05, 0) is 30.3 Å². The van der Waals surface area contributed by atoms with E-state index in [-0.39, 0.29) is 0 Å². The molecule has 173 valence electrons. The Balaban J connectivity index is 1.67. The summed E-state index contributed by atoms with van der Waals surface area (Å²) in [7, 11) is 0.